The highest BCUT2D eigenvalue weighted by molar-refractivity contribution is 7.89. The van der Waals surface area contributed by atoms with Crippen LogP contribution in [0.5, 0.6) is 0 Å². The van der Waals surface area contributed by atoms with Gasteiger partial charge in [-0.15, -0.1) is 0 Å². The zero-order valence-corrected chi connectivity index (χ0v) is 15.8. The molecule has 8 heteroatoms. The molecule has 0 spiro atoms. The summed E-state index contributed by atoms with van der Waals surface area (Å²) in [6.45, 7) is 2.46. The van der Waals surface area contributed by atoms with Crippen LogP contribution in [-0.2, 0) is 16.4 Å². The van der Waals surface area contributed by atoms with Gasteiger partial charge in [-0.25, -0.2) is 13.1 Å². The Balaban J connectivity index is 1.84. The molecule has 1 aliphatic heterocycles. The summed E-state index contributed by atoms with van der Waals surface area (Å²) in [5, 5.41) is 11.2. The van der Waals surface area contributed by atoms with Gasteiger partial charge in [0.1, 0.15) is 0 Å². The van der Waals surface area contributed by atoms with Crippen LogP contribution in [0, 0.1) is 10.1 Å². The van der Waals surface area contributed by atoms with Gasteiger partial charge < -0.3 is 4.90 Å². The molecule has 27 heavy (non-hydrogen) atoms. The molecule has 0 radical (unpaired) electrons. The molecule has 1 saturated heterocycles. The quantitative estimate of drug-likeness (QED) is 0.553. The molecule has 0 aliphatic carbocycles. The minimum atomic E-state index is -4.02. The highest BCUT2D eigenvalue weighted by atomic mass is 32.2. The number of nitrogens with one attached hydrogen (secondary N) is 1. The highest BCUT2D eigenvalue weighted by Crippen LogP contribution is 2.23. The first-order chi connectivity index (χ1) is 13.0. The fourth-order valence-corrected chi connectivity index (χ4v) is 4.84. The van der Waals surface area contributed by atoms with Gasteiger partial charge in [-0.05, 0) is 44.0 Å². The third-order valence-corrected chi connectivity index (χ3v) is 6.24. The molecule has 2 aromatic carbocycles. The van der Waals surface area contributed by atoms with Crippen LogP contribution in [0.1, 0.15) is 18.4 Å². The lowest BCUT2D eigenvalue weighted by molar-refractivity contribution is -0.387. The Morgan fingerprint density at radius 3 is 2.33 bits per heavy atom. The normalized spacial score (nSPS) is 16.3. The van der Waals surface area contributed by atoms with Gasteiger partial charge in [0.05, 0.1) is 4.92 Å². The highest BCUT2D eigenvalue weighted by Gasteiger charge is 2.29. The number of nitro groups is 1. The minimum absolute atomic E-state index is 0.297. The van der Waals surface area contributed by atoms with E-state index in [0.717, 1.165) is 31.5 Å². The van der Waals surface area contributed by atoms with Crippen LogP contribution >= 0.6 is 0 Å². The van der Waals surface area contributed by atoms with Crippen molar-refractivity contribution in [3.8, 4) is 0 Å². The fraction of sp³-hybridized carbons (Fsp3) is 0.368. The molecular weight excluding hydrogens is 366 g/mol. The summed E-state index contributed by atoms with van der Waals surface area (Å²) in [6, 6.07) is 14.7. The van der Waals surface area contributed by atoms with Crippen LogP contribution in [-0.4, -0.2) is 43.9 Å². The molecule has 0 bridgehead atoms. The molecule has 144 valence electrons. The second-order valence-corrected chi connectivity index (χ2v) is 8.42. The average Bonchev–Trinajstić information content (AvgIpc) is 3.15. The number of benzene rings is 2. The Labute approximate surface area is 159 Å². The molecule has 3 rings (SSSR count). The van der Waals surface area contributed by atoms with Crippen molar-refractivity contribution in [2.45, 2.75) is 30.2 Å². The molecule has 0 saturated carbocycles. The molecule has 7 nitrogen and oxygen atoms in total. The average molecular weight is 389 g/mol. The Morgan fingerprint density at radius 1 is 1.04 bits per heavy atom. The summed E-state index contributed by atoms with van der Waals surface area (Å²) in [7, 11) is -4.02. The lowest BCUT2D eigenvalue weighted by Gasteiger charge is -2.24. The van der Waals surface area contributed by atoms with Gasteiger partial charge in [0.15, 0.2) is 4.90 Å². The third-order valence-electron chi connectivity index (χ3n) is 4.68. The first-order valence-corrected chi connectivity index (χ1v) is 10.5. The summed E-state index contributed by atoms with van der Waals surface area (Å²) in [5.74, 6) is 0. The molecule has 1 aliphatic rings. The number of hydrogen-bond donors (Lipinski definition) is 1. The lowest BCUT2D eigenvalue weighted by atomic mass is 10.1. The summed E-state index contributed by atoms with van der Waals surface area (Å²) in [5.41, 5.74) is 0.608. The van der Waals surface area contributed by atoms with Crippen LogP contribution in [0.3, 0.4) is 0 Å². The number of hydrogen-bond acceptors (Lipinski definition) is 5. The van der Waals surface area contributed by atoms with Gasteiger partial charge in [0, 0.05) is 18.7 Å². The maximum absolute atomic E-state index is 12.9. The van der Waals surface area contributed by atoms with E-state index in [0.29, 0.717) is 13.0 Å². The maximum atomic E-state index is 12.9. The van der Waals surface area contributed by atoms with E-state index in [1.165, 1.54) is 24.3 Å². The van der Waals surface area contributed by atoms with Gasteiger partial charge in [0.2, 0.25) is 10.0 Å². The summed E-state index contributed by atoms with van der Waals surface area (Å²) in [6.07, 6.45) is 2.74. The Hall–Kier alpha value is -2.29. The smallest absolute Gasteiger partial charge is 0.289 e. The second kappa shape index (κ2) is 8.60. The molecule has 0 amide bonds. The zero-order valence-electron chi connectivity index (χ0n) is 15.0. The number of sulfonamides is 1. The van der Waals surface area contributed by atoms with Crippen molar-refractivity contribution in [1.29, 1.82) is 0 Å². The Morgan fingerprint density at radius 2 is 1.67 bits per heavy atom. The van der Waals surface area contributed by atoms with Crippen LogP contribution < -0.4 is 4.72 Å². The van der Waals surface area contributed by atoms with Crippen LogP contribution in [0.2, 0.25) is 0 Å². The second-order valence-electron chi connectivity index (χ2n) is 6.74. The van der Waals surface area contributed by atoms with E-state index in [-0.39, 0.29) is 10.9 Å². The summed E-state index contributed by atoms with van der Waals surface area (Å²) >= 11 is 0. The predicted molar refractivity (Wildman–Crippen MR) is 103 cm³/mol. The first kappa shape index (κ1) is 19.5. The SMILES string of the molecule is O=[N+]([O-])c1ccccc1S(=O)(=O)NC(Cc1ccccc1)CN1CCCC1. The number of para-hydroxylation sites is 1. The Bertz CT molecular complexity index is 881. The van der Waals surface area contributed by atoms with Crippen molar-refractivity contribution in [3.05, 3.63) is 70.3 Å². The van der Waals surface area contributed by atoms with Gasteiger partial charge >= 0.3 is 0 Å². The predicted octanol–water partition coefficient (Wildman–Crippen LogP) is 2.58. The minimum Gasteiger partial charge on any atom is -0.302 e. The topological polar surface area (TPSA) is 92.5 Å². The molecule has 1 heterocycles. The van der Waals surface area contributed by atoms with Crippen molar-refractivity contribution in [1.82, 2.24) is 9.62 Å². The van der Waals surface area contributed by atoms with E-state index in [4.69, 9.17) is 0 Å². The molecule has 1 atom stereocenters. The van der Waals surface area contributed by atoms with Crippen molar-refractivity contribution in [2.24, 2.45) is 0 Å². The fourth-order valence-electron chi connectivity index (χ4n) is 3.44. The Kier molecular flexibility index (Phi) is 6.20. The van der Waals surface area contributed by atoms with Crippen LogP contribution in [0.4, 0.5) is 5.69 Å². The van der Waals surface area contributed by atoms with E-state index in [2.05, 4.69) is 9.62 Å². The first-order valence-electron chi connectivity index (χ1n) is 8.98. The van der Waals surface area contributed by atoms with Crippen molar-refractivity contribution in [3.63, 3.8) is 0 Å². The lowest BCUT2D eigenvalue weighted by Crippen LogP contribution is -2.44. The van der Waals surface area contributed by atoms with Gasteiger partial charge in [-0.3, -0.25) is 10.1 Å². The monoisotopic (exact) mass is 389 g/mol. The number of nitro benzene ring substituents is 1. The van der Waals surface area contributed by atoms with Crippen molar-refractivity contribution >= 4 is 15.7 Å². The van der Waals surface area contributed by atoms with E-state index in [1.54, 1.807) is 0 Å². The number of rotatable bonds is 8. The number of nitrogens with zero attached hydrogens (tertiary/aromatic N) is 2. The van der Waals surface area contributed by atoms with E-state index in [1.807, 2.05) is 30.3 Å². The van der Waals surface area contributed by atoms with E-state index >= 15 is 0 Å². The molecule has 1 N–H and O–H groups in total. The maximum Gasteiger partial charge on any atom is 0.289 e. The van der Waals surface area contributed by atoms with Crippen LogP contribution in [0.25, 0.3) is 0 Å². The molecular formula is C19H23N3O4S. The molecule has 0 aromatic heterocycles. The van der Waals surface area contributed by atoms with E-state index < -0.39 is 20.6 Å². The summed E-state index contributed by atoms with van der Waals surface area (Å²) < 4.78 is 28.5. The van der Waals surface area contributed by atoms with Crippen LogP contribution in [0.15, 0.2) is 59.5 Å². The largest absolute Gasteiger partial charge is 0.302 e. The number of likely N-dealkylation sites (tertiary alicyclic amines) is 1. The van der Waals surface area contributed by atoms with Gasteiger partial charge in [0.25, 0.3) is 5.69 Å². The van der Waals surface area contributed by atoms with E-state index in [9.17, 15) is 18.5 Å². The van der Waals surface area contributed by atoms with Crippen molar-refractivity contribution < 1.29 is 13.3 Å². The van der Waals surface area contributed by atoms with Crippen molar-refractivity contribution in [2.75, 3.05) is 19.6 Å². The molecule has 1 unspecified atom stereocenters. The van der Waals surface area contributed by atoms with Gasteiger partial charge in [-0.1, -0.05) is 42.5 Å². The standard InChI is InChI=1S/C19H23N3O4S/c23-22(24)18-10-4-5-11-19(18)27(25,26)20-17(15-21-12-6-7-13-21)14-16-8-2-1-3-9-16/h1-5,8-11,17,20H,6-7,12-15H2. The third kappa shape index (κ3) is 5.12. The summed E-state index contributed by atoms with van der Waals surface area (Å²) in [4.78, 5) is 12.5. The zero-order chi connectivity index (χ0) is 19.3. The molecule has 2 aromatic rings. The van der Waals surface area contributed by atoms with Gasteiger partial charge in [-0.2, -0.15) is 0 Å². The molecule has 1 fully saturated rings.